The lowest BCUT2D eigenvalue weighted by Gasteiger charge is -2.18. The van der Waals surface area contributed by atoms with Gasteiger partial charge in [-0.2, -0.15) is 0 Å². The summed E-state index contributed by atoms with van der Waals surface area (Å²) in [4.78, 5) is 0. The van der Waals surface area contributed by atoms with E-state index >= 15 is 0 Å². The monoisotopic (exact) mass is 686 g/mol. The van der Waals surface area contributed by atoms with Crippen molar-refractivity contribution in [3.63, 3.8) is 0 Å². The predicted octanol–water partition coefficient (Wildman–Crippen LogP) is 15.1. The Morgan fingerprint density at radius 3 is 1.56 bits per heavy atom. The number of furan rings is 2. The Kier molecular flexibility index (Phi) is 6.09. The van der Waals surface area contributed by atoms with Crippen molar-refractivity contribution in [1.82, 2.24) is 0 Å². The van der Waals surface area contributed by atoms with Crippen LogP contribution >= 0.6 is 0 Å². The average molecular weight is 687 g/mol. The Balaban J connectivity index is 1.10. The molecule has 54 heavy (non-hydrogen) atoms. The fourth-order valence-electron chi connectivity index (χ4n) is 9.06. The lowest BCUT2D eigenvalue weighted by molar-refractivity contribution is 0.633. The van der Waals surface area contributed by atoms with E-state index in [1.54, 1.807) is 0 Å². The van der Waals surface area contributed by atoms with Gasteiger partial charge in [0.2, 0.25) is 0 Å². The second-order valence-corrected chi connectivity index (χ2v) is 14.3. The Morgan fingerprint density at radius 2 is 0.815 bits per heavy atom. The molecule has 0 spiro atoms. The van der Waals surface area contributed by atoms with Crippen LogP contribution < -0.4 is 0 Å². The zero-order valence-corrected chi connectivity index (χ0v) is 29.1. The molecule has 0 saturated heterocycles. The molecule has 0 amide bonds. The van der Waals surface area contributed by atoms with Crippen molar-refractivity contribution in [2.24, 2.45) is 0 Å². The predicted molar refractivity (Wildman–Crippen MR) is 227 cm³/mol. The molecule has 0 atom stereocenters. The molecule has 2 heteroatoms. The third kappa shape index (κ3) is 4.17. The van der Waals surface area contributed by atoms with E-state index in [2.05, 4.69) is 170 Å². The maximum Gasteiger partial charge on any atom is 0.178 e. The van der Waals surface area contributed by atoms with Gasteiger partial charge in [-0.25, -0.2) is 0 Å². The van der Waals surface area contributed by atoms with Crippen LogP contribution in [0.2, 0.25) is 0 Å². The van der Waals surface area contributed by atoms with E-state index in [-0.39, 0.29) is 0 Å². The molecule has 0 fully saturated rings. The highest BCUT2D eigenvalue weighted by molar-refractivity contribution is 6.27. The maximum absolute atomic E-state index is 6.78. The smallest absolute Gasteiger partial charge is 0.178 e. The summed E-state index contributed by atoms with van der Waals surface area (Å²) in [6.07, 6.45) is 0. The van der Waals surface area contributed by atoms with Gasteiger partial charge < -0.3 is 8.83 Å². The molecule has 12 rings (SSSR count). The summed E-state index contributed by atoms with van der Waals surface area (Å²) in [5.41, 5.74) is 10.5. The molecular weight excluding hydrogens is 657 g/mol. The Labute approximate surface area is 310 Å². The van der Waals surface area contributed by atoms with Crippen LogP contribution in [0.5, 0.6) is 0 Å². The van der Waals surface area contributed by atoms with E-state index in [4.69, 9.17) is 8.83 Å². The molecule has 10 aromatic carbocycles. The Bertz CT molecular complexity index is 3450. The lowest BCUT2D eigenvalue weighted by atomic mass is 9.85. The summed E-state index contributed by atoms with van der Waals surface area (Å²) in [7, 11) is 0. The SMILES string of the molecule is c1cc(-c2c3ccccc3c(-c3ccc4ccccc4c3)c3ccccc23)cc(-c2cc3oc4c(ccc5c6ccccc6oc54)c3c3ccccc23)c1. The second-order valence-electron chi connectivity index (χ2n) is 14.3. The van der Waals surface area contributed by atoms with Crippen molar-refractivity contribution in [3.8, 4) is 33.4 Å². The molecule has 0 aliphatic rings. The highest BCUT2D eigenvalue weighted by Crippen LogP contribution is 2.47. The fraction of sp³-hybridized carbons (Fsp3) is 0. The first-order chi connectivity index (χ1) is 26.8. The minimum Gasteiger partial charge on any atom is -0.452 e. The van der Waals surface area contributed by atoms with Crippen molar-refractivity contribution < 1.29 is 8.83 Å². The van der Waals surface area contributed by atoms with Gasteiger partial charge in [0, 0.05) is 21.5 Å². The van der Waals surface area contributed by atoms with Gasteiger partial charge in [-0.15, -0.1) is 0 Å². The number of benzene rings is 10. The van der Waals surface area contributed by atoms with Crippen LogP contribution in [-0.2, 0) is 0 Å². The van der Waals surface area contributed by atoms with Gasteiger partial charge in [0.25, 0.3) is 0 Å². The van der Waals surface area contributed by atoms with Crippen LogP contribution in [-0.4, -0.2) is 0 Å². The van der Waals surface area contributed by atoms with Gasteiger partial charge in [0.1, 0.15) is 11.2 Å². The first kappa shape index (κ1) is 29.4. The summed E-state index contributed by atoms with van der Waals surface area (Å²) in [6, 6.07) is 65.8. The number of hydrogen-bond donors (Lipinski definition) is 0. The Hall–Kier alpha value is -7.16. The van der Waals surface area contributed by atoms with Crippen LogP contribution in [0.4, 0.5) is 0 Å². The summed E-state index contributed by atoms with van der Waals surface area (Å²) in [6.45, 7) is 0. The van der Waals surface area contributed by atoms with Crippen molar-refractivity contribution in [2.45, 2.75) is 0 Å². The summed E-state index contributed by atoms with van der Waals surface area (Å²) < 4.78 is 13.2. The molecule has 0 bridgehead atoms. The van der Waals surface area contributed by atoms with Gasteiger partial charge >= 0.3 is 0 Å². The number of fused-ring (bicyclic) bond motifs is 12. The Morgan fingerprint density at radius 1 is 0.278 bits per heavy atom. The van der Waals surface area contributed by atoms with Crippen molar-refractivity contribution in [2.75, 3.05) is 0 Å². The standard InChI is InChI=1S/C52H30O2/c1-2-13-32-28-35(25-24-31(32)12-1)49-41-21-7-5-19-39(41)48(40-20-6-8-22-42(40)49)34-15-11-14-33(29-34)45-30-47-50(38-18-4-3-16-36(38)45)44-27-26-43-37-17-9-10-23-46(37)53-51(43)52(44)54-47/h1-30H. The van der Waals surface area contributed by atoms with Crippen LogP contribution in [0.25, 0.3) is 120 Å². The van der Waals surface area contributed by atoms with Crippen molar-refractivity contribution in [3.05, 3.63) is 182 Å². The average Bonchev–Trinajstić information content (AvgIpc) is 3.81. The molecule has 0 aliphatic carbocycles. The minimum absolute atomic E-state index is 0.791. The maximum atomic E-state index is 6.78. The van der Waals surface area contributed by atoms with Crippen molar-refractivity contribution >= 4 is 87.0 Å². The highest BCUT2D eigenvalue weighted by Gasteiger charge is 2.21. The quantitative estimate of drug-likeness (QED) is 0.173. The van der Waals surface area contributed by atoms with E-state index in [9.17, 15) is 0 Å². The molecule has 2 nitrogen and oxygen atoms in total. The van der Waals surface area contributed by atoms with E-state index in [0.29, 0.717) is 0 Å². The first-order valence-corrected chi connectivity index (χ1v) is 18.5. The van der Waals surface area contributed by atoms with E-state index in [1.165, 1.54) is 65.3 Å². The summed E-state index contributed by atoms with van der Waals surface area (Å²) in [5.74, 6) is 0. The topological polar surface area (TPSA) is 26.3 Å². The molecular formula is C52H30O2. The molecule has 0 N–H and O–H groups in total. The van der Waals surface area contributed by atoms with Gasteiger partial charge in [-0.1, -0.05) is 146 Å². The van der Waals surface area contributed by atoms with Gasteiger partial charge in [0.15, 0.2) is 11.2 Å². The van der Waals surface area contributed by atoms with Gasteiger partial charge in [0.05, 0.1) is 0 Å². The number of para-hydroxylation sites is 1. The molecule has 12 aromatic rings. The normalized spacial score (nSPS) is 12.1. The zero-order valence-electron chi connectivity index (χ0n) is 29.1. The molecule has 2 aromatic heterocycles. The molecule has 0 unspecified atom stereocenters. The van der Waals surface area contributed by atoms with Crippen LogP contribution in [0.1, 0.15) is 0 Å². The minimum atomic E-state index is 0.791. The molecule has 0 saturated carbocycles. The third-order valence-corrected chi connectivity index (χ3v) is 11.4. The molecule has 250 valence electrons. The summed E-state index contributed by atoms with van der Waals surface area (Å²) >= 11 is 0. The van der Waals surface area contributed by atoms with Crippen LogP contribution in [0.15, 0.2) is 191 Å². The van der Waals surface area contributed by atoms with Gasteiger partial charge in [-0.05, 0) is 113 Å². The highest BCUT2D eigenvalue weighted by atomic mass is 16.4. The van der Waals surface area contributed by atoms with Crippen molar-refractivity contribution in [1.29, 1.82) is 0 Å². The largest absolute Gasteiger partial charge is 0.452 e. The van der Waals surface area contributed by atoms with E-state index < -0.39 is 0 Å². The molecule has 0 radical (unpaired) electrons. The van der Waals surface area contributed by atoms with E-state index in [0.717, 1.165) is 55.0 Å². The molecule has 0 aliphatic heterocycles. The second kappa shape index (κ2) is 11.2. The number of hydrogen-bond acceptors (Lipinski definition) is 2. The fourth-order valence-corrected chi connectivity index (χ4v) is 9.06. The van der Waals surface area contributed by atoms with Crippen LogP contribution in [0.3, 0.4) is 0 Å². The van der Waals surface area contributed by atoms with Crippen LogP contribution in [0, 0.1) is 0 Å². The number of rotatable bonds is 3. The van der Waals surface area contributed by atoms with E-state index in [1.807, 2.05) is 12.1 Å². The summed E-state index contributed by atoms with van der Waals surface area (Å²) in [5, 5.41) is 14.2. The molecule has 2 heterocycles. The zero-order chi connectivity index (χ0) is 35.3. The first-order valence-electron chi connectivity index (χ1n) is 18.5. The third-order valence-electron chi connectivity index (χ3n) is 11.4. The lowest BCUT2D eigenvalue weighted by Crippen LogP contribution is -1.91. The van der Waals surface area contributed by atoms with Gasteiger partial charge in [-0.3, -0.25) is 0 Å².